The van der Waals surface area contributed by atoms with Gasteiger partial charge in [-0.3, -0.25) is 14.9 Å². The van der Waals surface area contributed by atoms with Crippen molar-refractivity contribution < 1.29 is 22.9 Å². The fraction of sp³-hybridized carbons (Fsp3) is 0.133. The lowest BCUT2D eigenvalue weighted by molar-refractivity contribution is -0.385. The fourth-order valence-electron chi connectivity index (χ4n) is 2.27. The Kier molecular flexibility index (Phi) is 4.09. The summed E-state index contributed by atoms with van der Waals surface area (Å²) in [5.41, 5.74) is 3.13. The summed E-state index contributed by atoms with van der Waals surface area (Å²) in [7, 11) is 0. The van der Waals surface area contributed by atoms with Crippen molar-refractivity contribution in [2.45, 2.75) is 13.1 Å². The lowest BCUT2D eigenvalue weighted by Crippen LogP contribution is -2.16. The number of nitrogens with zero attached hydrogens (tertiary/aromatic N) is 1. The van der Waals surface area contributed by atoms with Crippen LogP contribution in [0.5, 0.6) is 0 Å². The van der Waals surface area contributed by atoms with Crippen LogP contribution in [0.15, 0.2) is 36.4 Å². The lowest BCUT2D eigenvalue weighted by atomic mass is 9.92. The first-order valence-corrected chi connectivity index (χ1v) is 6.38. The molecule has 0 aliphatic rings. The summed E-state index contributed by atoms with van der Waals surface area (Å²) in [5.74, 6) is -1.05. The second kappa shape index (κ2) is 5.71. The molecule has 0 aromatic heterocycles. The van der Waals surface area contributed by atoms with Crippen molar-refractivity contribution in [2.24, 2.45) is 5.73 Å². The molecule has 2 N–H and O–H groups in total. The number of rotatable bonds is 3. The second-order valence-corrected chi connectivity index (χ2v) is 4.85. The van der Waals surface area contributed by atoms with Crippen LogP contribution in [0.1, 0.15) is 21.5 Å². The van der Waals surface area contributed by atoms with Crippen molar-refractivity contribution >= 4 is 11.6 Å². The highest BCUT2D eigenvalue weighted by molar-refractivity contribution is 6.01. The SMILES string of the molecule is Cc1ccc(-c2c(C(N)=O)cccc2C(F)(F)F)cc1[N+](=O)[O-]. The van der Waals surface area contributed by atoms with Crippen LogP contribution in [-0.2, 0) is 6.18 Å². The third kappa shape index (κ3) is 3.15. The summed E-state index contributed by atoms with van der Waals surface area (Å²) in [4.78, 5) is 21.8. The molecule has 0 fully saturated rings. The number of carbonyl (C=O) groups is 1. The zero-order valence-electron chi connectivity index (χ0n) is 11.8. The second-order valence-electron chi connectivity index (χ2n) is 4.85. The lowest BCUT2D eigenvalue weighted by Gasteiger charge is -2.16. The Morgan fingerprint density at radius 2 is 1.87 bits per heavy atom. The van der Waals surface area contributed by atoms with Crippen molar-refractivity contribution in [3.8, 4) is 11.1 Å². The van der Waals surface area contributed by atoms with Gasteiger partial charge in [-0.2, -0.15) is 13.2 Å². The molecule has 0 aliphatic carbocycles. The minimum Gasteiger partial charge on any atom is -0.366 e. The molecule has 0 spiro atoms. The largest absolute Gasteiger partial charge is 0.417 e. The van der Waals surface area contributed by atoms with Crippen molar-refractivity contribution in [2.75, 3.05) is 0 Å². The highest BCUT2D eigenvalue weighted by atomic mass is 19.4. The zero-order chi connectivity index (χ0) is 17.4. The number of alkyl halides is 3. The normalized spacial score (nSPS) is 11.3. The van der Waals surface area contributed by atoms with E-state index >= 15 is 0 Å². The van der Waals surface area contributed by atoms with Crippen LogP contribution in [0.4, 0.5) is 18.9 Å². The Hall–Kier alpha value is -2.90. The van der Waals surface area contributed by atoms with E-state index in [2.05, 4.69) is 0 Å². The first kappa shape index (κ1) is 16.5. The number of primary amides is 1. The third-order valence-corrected chi connectivity index (χ3v) is 3.33. The average Bonchev–Trinajstić information content (AvgIpc) is 2.45. The average molecular weight is 324 g/mol. The van der Waals surface area contributed by atoms with Crippen LogP contribution < -0.4 is 5.73 Å². The number of halogens is 3. The number of nitrogens with two attached hydrogens (primary N) is 1. The van der Waals surface area contributed by atoms with E-state index < -0.39 is 28.1 Å². The smallest absolute Gasteiger partial charge is 0.366 e. The van der Waals surface area contributed by atoms with E-state index in [1.54, 1.807) is 0 Å². The van der Waals surface area contributed by atoms with Gasteiger partial charge in [0.15, 0.2) is 0 Å². The summed E-state index contributed by atoms with van der Waals surface area (Å²) < 4.78 is 39.7. The number of hydrogen-bond donors (Lipinski definition) is 1. The number of nitro benzene ring substituents is 1. The third-order valence-electron chi connectivity index (χ3n) is 3.33. The molecule has 0 saturated heterocycles. The quantitative estimate of drug-likeness (QED) is 0.690. The van der Waals surface area contributed by atoms with E-state index in [9.17, 15) is 28.1 Å². The Bertz CT molecular complexity index is 801. The van der Waals surface area contributed by atoms with Gasteiger partial charge in [0.1, 0.15) is 0 Å². The van der Waals surface area contributed by atoms with Gasteiger partial charge in [0, 0.05) is 22.8 Å². The van der Waals surface area contributed by atoms with E-state index in [-0.39, 0.29) is 16.8 Å². The molecule has 120 valence electrons. The van der Waals surface area contributed by atoms with Crippen LogP contribution in [-0.4, -0.2) is 10.8 Å². The summed E-state index contributed by atoms with van der Waals surface area (Å²) in [6.07, 6.45) is -4.74. The van der Waals surface area contributed by atoms with Crippen molar-refractivity contribution in [1.82, 2.24) is 0 Å². The Morgan fingerprint density at radius 3 is 2.39 bits per heavy atom. The molecular weight excluding hydrogens is 313 g/mol. The Labute approximate surface area is 128 Å². The molecule has 2 rings (SSSR count). The first-order valence-electron chi connectivity index (χ1n) is 6.38. The monoisotopic (exact) mass is 324 g/mol. The number of carbonyl (C=O) groups excluding carboxylic acids is 1. The topological polar surface area (TPSA) is 86.2 Å². The number of nitro groups is 1. The Morgan fingerprint density at radius 1 is 1.22 bits per heavy atom. The van der Waals surface area contributed by atoms with Gasteiger partial charge in [-0.05, 0) is 24.6 Å². The Balaban J connectivity index is 2.84. The minimum atomic E-state index is -4.74. The molecule has 5 nitrogen and oxygen atoms in total. The summed E-state index contributed by atoms with van der Waals surface area (Å²) in [5, 5.41) is 11.0. The van der Waals surface area contributed by atoms with E-state index in [0.717, 1.165) is 24.3 Å². The van der Waals surface area contributed by atoms with Gasteiger partial charge in [0.25, 0.3) is 5.69 Å². The van der Waals surface area contributed by atoms with Gasteiger partial charge >= 0.3 is 6.18 Å². The summed E-state index contributed by atoms with van der Waals surface area (Å²) in [6.45, 7) is 1.46. The molecule has 0 saturated carbocycles. The van der Waals surface area contributed by atoms with Crippen LogP contribution in [0.25, 0.3) is 11.1 Å². The maximum absolute atomic E-state index is 13.2. The van der Waals surface area contributed by atoms with Crippen LogP contribution in [0, 0.1) is 17.0 Å². The highest BCUT2D eigenvalue weighted by Gasteiger charge is 2.35. The number of hydrogen-bond acceptors (Lipinski definition) is 3. The maximum atomic E-state index is 13.2. The molecule has 1 amide bonds. The van der Waals surface area contributed by atoms with Crippen molar-refractivity contribution in [1.29, 1.82) is 0 Å². The molecule has 8 heteroatoms. The van der Waals surface area contributed by atoms with Gasteiger partial charge in [-0.15, -0.1) is 0 Å². The molecule has 0 unspecified atom stereocenters. The van der Waals surface area contributed by atoms with E-state index in [1.165, 1.54) is 19.1 Å². The van der Waals surface area contributed by atoms with Crippen LogP contribution >= 0.6 is 0 Å². The van der Waals surface area contributed by atoms with Gasteiger partial charge in [-0.25, -0.2) is 0 Å². The van der Waals surface area contributed by atoms with Crippen LogP contribution in [0.3, 0.4) is 0 Å². The highest BCUT2D eigenvalue weighted by Crippen LogP contribution is 2.40. The predicted octanol–water partition coefficient (Wildman–Crippen LogP) is 3.69. The van der Waals surface area contributed by atoms with Crippen LogP contribution in [0.2, 0.25) is 0 Å². The summed E-state index contributed by atoms with van der Waals surface area (Å²) >= 11 is 0. The molecule has 2 aromatic carbocycles. The van der Waals surface area contributed by atoms with Gasteiger partial charge in [-0.1, -0.05) is 18.2 Å². The zero-order valence-corrected chi connectivity index (χ0v) is 11.8. The number of aryl methyl sites for hydroxylation is 1. The van der Waals surface area contributed by atoms with E-state index in [0.29, 0.717) is 5.56 Å². The van der Waals surface area contributed by atoms with E-state index in [4.69, 9.17) is 5.73 Å². The van der Waals surface area contributed by atoms with Crippen molar-refractivity contribution in [3.05, 3.63) is 63.2 Å². The summed E-state index contributed by atoms with van der Waals surface area (Å²) in [6, 6.07) is 6.64. The number of amides is 1. The number of benzene rings is 2. The van der Waals surface area contributed by atoms with Gasteiger partial charge in [0.2, 0.25) is 5.91 Å². The standard InChI is InChI=1S/C15H11F3N2O3/c1-8-5-6-9(7-12(8)20(22)23)13-10(14(19)21)3-2-4-11(13)15(16,17)18/h2-7H,1H3,(H2,19,21). The molecule has 0 bridgehead atoms. The molecule has 23 heavy (non-hydrogen) atoms. The molecule has 0 aliphatic heterocycles. The van der Waals surface area contributed by atoms with Crippen molar-refractivity contribution in [3.63, 3.8) is 0 Å². The molecule has 2 aromatic rings. The molecular formula is C15H11F3N2O3. The molecule has 0 heterocycles. The predicted molar refractivity (Wildman–Crippen MR) is 76.8 cm³/mol. The van der Waals surface area contributed by atoms with E-state index in [1.807, 2.05) is 0 Å². The van der Waals surface area contributed by atoms with Gasteiger partial charge in [0.05, 0.1) is 10.5 Å². The van der Waals surface area contributed by atoms with Gasteiger partial charge < -0.3 is 5.73 Å². The maximum Gasteiger partial charge on any atom is 0.417 e. The molecule has 0 atom stereocenters. The first-order chi connectivity index (χ1) is 10.6. The fourth-order valence-corrected chi connectivity index (χ4v) is 2.27. The minimum absolute atomic E-state index is 0.0935. The molecule has 0 radical (unpaired) electrons.